The number of methoxy groups -OCH3 is 1. The third-order valence-electron chi connectivity index (χ3n) is 4.43. The van der Waals surface area contributed by atoms with E-state index in [0.29, 0.717) is 17.7 Å². The van der Waals surface area contributed by atoms with E-state index in [-0.39, 0.29) is 6.54 Å². The summed E-state index contributed by atoms with van der Waals surface area (Å²) in [6, 6.07) is 16.3. The van der Waals surface area contributed by atoms with Crippen LogP contribution in [0.15, 0.2) is 70.3 Å². The molecule has 0 bridgehead atoms. The molecule has 2 aromatic carbocycles. The van der Waals surface area contributed by atoms with Gasteiger partial charge in [0.25, 0.3) is 5.56 Å². The second-order valence-electron chi connectivity index (χ2n) is 6.32. The number of nitrogens with zero attached hydrogens (tertiary/aromatic N) is 1. The number of aromatic amines is 1. The summed E-state index contributed by atoms with van der Waals surface area (Å²) >= 11 is 0. The summed E-state index contributed by atoms with van der Waals surface area (Å²) in [5.41, 5.74) is -0.487. The highest BCUT2D eigenvalue weighted by Crippen LogP contribution is 2.15. The van der Waals surface area contributed by atoms with Gasteiger partial charge in [0.15, 0.2) is 5.78 Å². The average Bonchev–Trinajstić information content (AvgIpc) is 2.73. The van der Waals surface area contributed by atoms with Crippen LogP contribution in [-0.2, 0) is 13.0 Å². The van der Waals surface area contributed by atoms with E-state index < -0.39 is 28.5 Å². The lowest BCUT2D eigenvalue weighted by Crippen LogP contribution is -2.34. The number of hydrogen-bond acceptors (Lipinski definition) is 5. The molecule has 0 fully saturated rings. The van der Waals surface area contributed by atoms with Crippen molar-refractivity contribution in [2.24, 2.45) is 0 Å². The lowest BCUT2D eigenvalue weighted by atomic mass is 10.1. The smallest absolute Gasteiger partial charge is 0.331 e. The zero-order chi connectivity index (χ0) is 20.8. The molecular weight excluding hydrogens is 372 g/mol. The number of aromatic hydroxyl groups is 1. The van der Waals surface area contributed by atoms with Gasteiger partial charge in [-0.1, -0.05) is 48.5 Å². The summed E-state index contributed by atoms with van der Waals surface area (Å²) in [4.78, 5) is 38.8. The van der Waals surface area contributed by atoms with Crippen molar-refractivity contribution in [3.05, 3.63) is 98.2 Å². The predicted molar refractivity (Wildman–Crippen MR) is 109 cm³/mol. The number of carbonyl (C=O) groups excluding carboxylic acids is 1. The molecule has 1 aromatic heterocycles. The maximum absolute atomic E-state index is 12.5. The van der Waals surface area contributed by atoms with Crippen molar-refractivity contribution in [3.8, 4) is 11.6 Å². The Morgan fingerprint density at radius 3 is 2.45 bits per heavy atom. The second-order valence-corrected chi connectivity index (χ2v) is 6.32. The molecule has 0 aliphatic rings. The van der Waals surface area contributed by atoms with Gasteiger partial charge in [-0.15, -0.1) is 0 Å². The molecule has 0 saturated heterocycles. The van der Waals surface area contributed by atoms with Crippen LogP contribution in [0.4, 0.5) is 0 Å². The summed E-state index contributed by atoms with van der Waals surface area (Å²) in [5, 5.41) is 10.4. The summed E-state index contributed by atoms with van der Waals surface area (Å²) in [6.45, 7) is 0.119. The number of ether oxygens (including phenoxy) is 1. The van der Waals surface area contributed by atoms with E-state index in [2.05, 4.69) is 4.98 Å². The molecule has 7 heteroatoms. The SMILES string of the molecule is COc1ccc(/C=C/C(=O)c2c(O)n(CCc3ccccc3)c(=O)[nH]c2=O)cc1. The van der Waals surface area contributed by atoms with Gasteiger partial charge in [-0.2, -0.15) is 0 Å². The minimum Gasteiger partial charge on any atom is -0.497 e. The number of benzene rings is 2. The van der Waals surface area contributed by atoms with Gasteiger partial charge in [0.2, 0.25) is 5.88 Å². The number of allylic oxidation sites excluding steroid dienone is 1. The van der Waals surface area contributed by atoms with Crippen LogP contribution >= 0.6 is 0 Å². The first kappa shape index (κ1) is 19.9. The standard InChI is InChI=1S/C22H20N2O5/c1-29-17-10-7-16(8-11-17)9-12-18(25)19-20(26)23-22(28)24(21(19)27)14-13-15-5-3-2-4-6-15/h2-12,27H,13-14H2,1H3,(H,23,26,28)/b12-9+. The third kappa shape index (κ3) is 4.70. The molecule has 148 valence electrons. The molecule has 0 radical (unpaired) electrons. The molecule has 3 rings (SSSR count). The first-order valence-electron chi connectivity index (χ1n) is 8.96. The number of rotatable bonds is 7. The molecule has 2 N–H and O–H groups in total. The monoisotopic (exact) mass is 392 g/mol. The molecular formula is C22H20N2O5. The average molecular weight is 392 g/mol. The van der Waals surface area contributed by atoms with E-state index in [1.165, 1.54) is 12.2 Å². The van der Waals surface area contributed by atoms with Crippen LogP contribution in [0.1, 0.15) is 21.5 Å². The van der Waals surface area contributed by atoms with E-state index in [0.717, 1.165) is 10.1 Å². The lowest BCUT2D eigenvalue weighted by Gasteiger charge is -2.10. The number of nitrogens with one attached hydrogen (secondary N) is 1. The van der Waals surface area contributed by atoms with Crippen LogP contribution in [-0.4, -0.2) is 27.6 Å². The third-order valence-corrected chi connectivity index (χ3v) is 4.43. The highest BCUT2D eigenvalue weighted by molar-refractivity contribution is 6.08. The fourth-order valence-electron chi connectivity index (χ4n) is 2.85. The van der Waals surface area contributed by atoms with Crippen molar-refractivity contribution in [3.63, 3.8) is 0 Å². The number of aryl methyl sites for hydroxylation is 1. The number of H-pyrrole nitrogens is 1. The molecule has 29 heavy (non-hydrogen) atoms. The molecule has 0 amide bonds. The van der Waals surface area contributed by atoms with Crippen molar-refractivity contribution in [2.75, 3.05) is 7.11 Å². The maximum Gasteiger partial charge on any atom is 0.331 e. The second kappa shape index (κ2) is 8.88. The minimum absolute atomic E-state index is 0.119. The van der Waals surface area contributed by atoms with Crippen molar-refractivity contribution in [2.45, 2.75) is 13.0 Å². The summed E-state index contributed by atoms with van der Waals surface area (Å²) in [6.07, 6.45) is 3.15. The molecule has 0 unspecified atom stereocenters. The highest BCUT2D eigenvalue weighted by Gasteiger charge is 2.19. The van der Waals surface area contributed by atoms with Crippen LogP contribution in [0.2, 0.25) is 0 Å². The molecule has 0 spiro atoms. The first-order chi connectivity index (χ1) is 14.0. The Labute approximate surface area is 166 Å². The quantitative estimate of drug-likeness (QED) is 0.475. The fraction of sp³-hybridized carbons (Fsp3) is 0.136. The van der Waals surface area contributed by atoms with Crippen LogP contribution < -0.4 is 16.0 Å². The number of hydrogen-bond donors (Lipinski definition) is 2. The van der Waals surface area contributed by atoms with Crippen LogP contribution in [0.5, 0.6) is 11.6 Å². The van der Waals surface area contributed by atoms with Crippen molar-refractivity contribution in [1.29, 1.82) is 0 Å². The van der Waals surface area contributed by atoms with E-state index in [9.17, 15) is 19.5 Å². The normalized spacial score (nSPS) is 10.9. The van der Waals surface area contributed by atoms with Gasteiger partial charge in [-0.3, -0.25) is 19.1 Å². The fourth-order valence-corrected chi connectivity index (χ4v) is 2.85. The van der Waals surface area contributed by atoms with E-state index in [1.807, 2.05) is 30.3 Å². The highest BCUT2D eigenvalue weighted by atomic mass is 16.5. The van der Waals surface area contributed by atoms with E-state index in [4.69, 9.17) is 4.74 Å². The van der Waals surface area contributed by atoms with Crippen LogP contribution in [0.25, 0.3) is 6.08 Å². The Kier molecular flexibility index (Phi) is 6.09. The van der Waals surface area contributed by atoms with Gasteiger partial charge in [0.1, 0.15) is 11.3 Å². The molecule has 0 atom stereocenters. The van der Waals surface area contributed by atoms with Crippen molar-refractivity contribution < 1.29 is 14.6 Å². The van der Waals surface area contributed by atoms with Gasteiger partial charge in [0.05, 0.1) is 7.11 Å². The van der Waals surface area contributed by atoms with Gasteiger partial charge in [-0.25, -0.2) is 4.79 Å². The molecule has 0 aliphatic heterocycles. The Bertz CT molecular complexity index is 1140. The lowest BCUT2D eigenvalue weighted by molar-refractivity contribution is 0.104. The molecule has 0 aliphatic carbocycles. The van der Waals surface area contributed by atoms with Gasteiger partial charge in [-0.05, 0) is 35.8 Å². The van der Waals surface area contributed by atoms with Gasteiger partial charge >= 0.3 is 5.69 Å². The maximum atomic E-state index is 12.5. The van der Waals surface area contributed by atoms with E-state index >= 15 is 0 Å². The van der Waals surface area contributed by atoms with Crippen molar-refractivity contribution in [1.82, 2.24) is 9.55 Å². The summed E-state index contributed by atoms with van der Waals surface area (Å²) in [7, 11) is 1.55. The number of ketones is 1. The number of carbonyl (C=O) groups is 1. The minimum atomic E-state index is -0.923. The largest absolute Gasteiger partial charge is 0.497 e. The Balaban J connectivity index is 1.85. The van der Waals surface area contributed by atoms with Gasteiger partial charge < -0.3 is 9.84 Å². The van der Waals surface area contributed by atoms with E-state index in [1.54, 1.807) is 31.4 Å². The molecule has 1 heterocycles. The summed E-state index contributed by atoms with van der Waals surface area (Å²) in [5.74, 6) is -0.667. The molecule has 0 saturated carbocycles. The zero-order valence-electron chi connectivity index (χ0n) is 15.8. The number of aromatic nitrogens is 2. The topological polar surface area (TPSA) is 101 Å². The first-order valence-corrected chi connectivity index (χ1v) is 8.96. The van der Waals surface area contributed by atoms with Crippen LogP contribution in [0.3, 0.4) is 0 Å². The zero-order valence-corrected chi connectivity index (χ0v) is 15.8. The van der Waals surface area contributed by atoms with Gasteiger partial charge in [0, 0.05) is 6.54 Å². The Hall–Kier alpha value is -3.87. The molecule has 3 aromatic rings. The van der Waals surface area contributed by atoms with Crippen molar-refractivity contribution >= 4 is 11.9 Å². The Morgan fingerprint density at radius 1 is 1.10 bits per heavy atom. The predicted octanol–water partition coefficient (Wildman–Crippen LogP) is 2.39. The Morgan fingerprint density at radius 2 is 1.79 bits per heavy atom. The van der Waals surface area contributed by atoms with Crippen LogP contribution in [0, 0.1) is 0 Å². The summed E-state index contributed by atoms with van der Waals surface area (Å²) < 4.78 is 6.06. The molecule has 7 nitrogen and oxygen atoms in total.